The van der Waals surface area contributed by atoms with E-state index in [0.717, 1.165) is 34.6 Å². The second-order valence-corrected chi connectivity index (χ2v) is 8.26. The molecule has 1 aromatic heterocycles. The number of benzene rings is 4. The molecule has 153 valence electrons. The summed E-state index contributed by atoms with van der Waals surface area (Å²) in [6.07, 6.45) is 2.08. The molecule has 0 saturated carbocycles. The molecular weight excluding hydrogens is 380 g/mol. The zero-order valence-electron chi connectivity index (χ0n) is 17.9. The van der Waals surface area contributed by atoms with E-state index in [1.807, 2.05) is 12.1 Å². The van der Waals surface area contributed by atoms with Gasteiger partial charge in [-0.2, -0.15) is 0 Å². The van der Waals surface area contributed by atoms with Crippen LogP contribution in [0.5, 0.6) is 0 Å². The number of aryl methyl sites for hydroxylation is 2. The molecule has 5 rings (SSSR count). The van der Waals surface area contributed by atoms with Crippen LogP contribution in [-0.4, -0.2) is 10.5 Å². The van der Waals surface area contributed by atoms with Crippen molar-refractivity contribution in [3.05, 3.63) is 95.1 Å². The number of nitrogens with two attached hydrogens (primary N) is 1. The lowest BCUT2D eigenvalue weighted by Gasteiger charge is -2.13. The van der Waals surface area contributed by atoms with Crippen LogP contribution in [0.1, 0.15) is 40.4 Å². The van der Waals surface area contributed by atoms with E-state index < -0.39 is 5.91 Å². The molecule has 1 heterocycles. The molecule has 0 bridgehead atoms. The maximum Gasteiger partial charge on any atom is 0.249 e. The number of rotatable bonds is 5. The van der Waals surface area contributed by atoms with Gasteiger partial charge in [0.2, 0.25) is 5.91 Å². The van der Waals surface area contributed by atoms with Crippen molar-refractivity contribution in [1.29, 1.82) is 0 Å². The fourth-order valence-corrected chi connectivity index (χ4v) is 4.73. The van der Waals surface area contributed by atoms with Gasteiger partial charge in [0.05, 0.1) is 11.0 Å². The normalized spacial score (nSPS) is 11.5. The predicted molar refractivity (Wildman–Crippen MR) is 129 cm³/mol. The molecule has 0 aliphatic rings. The van der Waals surface area contributed by atoms with E-state index in [1.54, 1.807) is 0 Å². The van der Waals surface area contributed by atoms with Crippen LogP contribution >= 0.6 is 0 Å². The van der Waals surface area contributed by atoms with Gasteiger partial charge >= 0.3 is 0 Å². The fraction of sp³-hybridized carbons (Fsp3) is 0.179. The molecule has 3 nitrogen and oxygen atoms in total. The Morgan fingerprint density at radius 1 is 1.00 bits per heavy atom. The summed E-state index contributed by atoms with van der Waals surface area (Å²) < 4.78 is 2.31. The fourth-order valence-electron chi connectivity index (χ4n) is 4.73. The first-order chi connectivity index (χ1) is 15.1. The summed E-state index contributed by atoms with van der Waals surface area (Å²) in [6, 6.07) is 26.5. The maximum atomic E-state index is 12.2. The average Bonchev–Trinajstić information content (AvgIpc) is 3.09. The SMILES string of the molecule is CCCc1c[c]c2c3c(C(N)=O)cccc3n(Cc3ccc(C)c4ccccc34)c2c1. The minimum absolute atomic E-state index is 0.406. The van der Waals surface area contributed by atoms with E-state index in [2.05, 4.69) is 79.1 Å². The number of hydrogen-bond donors (Lipinski definition) is 1. The van der Waals surface area contributed by atoms with Crippen LogP contribution < -0.4 is 5.73 Å². The number of fused-ring (bicyclic) bond motifs is 4. The lowest BCUT2D eigenvalue weighted by atomic mass is 10.00. The van der Waals surface area contributed by atoms with E-state index in [4.69, 9.17) is 5.73 Å². The summed E-state index contributed by atoms with van der Waals surface area (Å²) in [7, 11) is 0. The minimum atomic E-state index is -0.406. The Kier molecular flexibility index (Phi) is 4.74. The zero-order chi connectivity index (χ0) is 21.5. The number of primary amides is 1. The third-order valence-electron chi connectivity index (χ3n) is 6.22. The second kappa shape index (κ2) is 7.59. The first-order valence-electron chi connectivity index (χ1n) is 10.8. The maximum absolute atomic E-state index is 12.2. The molecule has 0 aliphatic carbocycles. The smallest absolute Gasteiger partial charge is 0.249 e. The Hall–Kier alpha value is -3.59. The second-order valence-electron chi connectivity index (χ2n) is 8.26. The summed E-state index contributed by atoms with van der Waals surface area (Å²) in [6.45, 7) is 5.05. The predicted octanol–water partition coefficient (Wildman–Crippen LogP) is 6.16. The summed E-state index contributed by atoms with van der Waals surface area (Å²) in [5.41, 5.74) is 12.2. The van der Waals surface area contributed by atoms with Gasteiger partial charge in [-0.15, -0.1) is 0 Å². The number of amides is 1. The van der Waals surface area contributed by atoms with Crippen LogP contribution in [0.3, 0.4) is 0 Å². The first kappa shape index (κ1) is 19.4. The first-order valence-corrected chi connectivity index (χ1v) is 10.8. The summed E-state index contributed by atoms with van der Waals surface area (Å²) >= 11 is 0. The van der Waals surface area contributed by atoms with Crippen molar-refractivity contribution in [2.24, 2.45) is 5.73 Å². The molecule has 3 heteroatoms. The lowest BCUT2D eigenvalue weighted by Crippen LogP contribution is -2.11. The van der Waals surface area contributed by atoms with Crippen molar-refractivity contribution in [3.8, 4) is 0 Å². The lowest BCUT2D eigenvalue weighted by molar-refractivity contribution is 0.100. The van der Waals surface area contributed by atoms with Gasteiger partial charge in [0.1, 0.15) is 0 Å². The molecule has 1 amide bonds. The Balaban J connectivity index is 1.81. The average molecular weight is 406 g/mol. The molecule has 31 heavy (non-hydrogen) atoms. The molecule has 2 N–H and O–H groups in total. The Morgan fingerprint density at radius 3 is 2.58 bits per heavy atom. The van der Waals surface area contributed by atoms with E-state index in [-0.39, 0.29) is 0 Å². The topological polar surface area (TPSA) is 48.0 Å². The summed E-state index contributed by atoms with van der Waals surface area (Å²) in [4.78, 5) is 12.2. The van der Waals surface area contributed by atoms with E-state index in [0.29, 0.717) is 12.1 Å². The van der Waals surface area contributed by atoms with Crippen molar-refractivity contribution in [2.75, 3.05) is 0 Å². The molecule has 4 aromatic carbocycles. The van der Waals surface area contributed by atoms with Crippen LogP contribution in [0, 0.1) is 13.0 Å². The molecule has 0 spiro atoms. The van der Waals surface area contributed by atoms with E-state index in [1.165, 1.54) is 27.5 Å². The van der Waals surface area contributed by atoms with Crippen molar-refractivity contribution in [2.45, 2.75) is 33.2 Å². The molecule has 0 saturated heterocycles. The standard InChI is InChI=1S/C28H25N2O/c1-3-7-19-13-15-23-26(16-19)30(25-11-6-10-24(27(23)25)28(29)31)17-20-14-12-18(2)21-8-4-5-9-22(20)21/h4-6,8-14,16H,3,7,17H2,1-2H3,(H2,29,31). The third kappa shape index (κ3) is 3.17. The largest absolute Gasteiger partial charge is 0.366 e. The van der Waals surface area contributed by atoms with Gasteiger partial charge in [0.15, 0.2) is 0 Å². The highest BCUT2D eigenvalue weighted by Gasteiger charge is 2.18. The highest BCUT2D eigenvalue weighted by Crippen LogP contribution is 2.34. The van der Waals surface area contributed by atoms with Crippen LogP contribution in [0.25, 0.3) is 32.6 Å². The monoisotopic (exact) mass is 405 g/mol. The Labute approximate surface area is 182 Å². The molecule has 5 aromatic rings. The van der Waals surface area contributed by atoms with Crippen molar-refractivity contribution in [1.82, 2.24) is 4.57 Å². The molecule has 0 unspecified atom stereocenters. The van der Waals surface area contributed by atoms with Crippen LogP contribution in [-0.2, 0) is 13.0 Å². The van der Waals surface area contributed by atoms with E-state index >= 15 is 0 Å². The van der Waals surface area contributed by atoms with Crippen molar-refractivity contribution in [3.63, 3.8) is 0 Å². The Morgan fingerprint density at radius 2 is 1.81 bits per heavy atom. The molecular formula is C28H25N2O. The molecule has 1 radical (unpaired) electrons. The molecule has 0 fully saturated rings. The zero-order valence-corrected chi connectivity index (χ0v) is 17.9. The molecule has 0 atom stereocenters. The minimum Gasteiger partial charge on any atom is -0.366 e. The Bertz CT molecular complexity index is 1460. The van der Waals surface area contributed by atoms with Gasteiger partial charge < -0.3 is 10.3 Å². The van der Waals surface area contributed by atoms with Gasteiger partial charge in [0.25, 0.3) is 0 Å². The molecule has 0 aliphatic heterocycles. The highest BCUT2D eigenvalue weighted by molar-refractivity contribution is 6.17. The number of carbonyl (C=O) groups excluding carboxylic acids is 1. The quantitative estimate of drug-likeness (QED) is 0.374. The van der Waals surface area contributed by atoms with Gasteiger partial charge in [-0.25, -0.2) is 0 Å². The van der Waals surface area contributed by atoms with Crippen LogP contribution in [0.4, 0.5) is 0 Å². The van der Waals surface area contributed by atoms with Crippen LogP contribution in [0.2, 0.25) is 0 Å². The van der Waals surface area contributed by atoms with Crippen molar-refractivity contribution < 1.29 is 4.79 Å². The summed E-state index contributed by atoms with van der Waals surface area (Å²) in [5.74, 6) is -0.406. The van der Waals surface area contributed by atoms with Gasteiger partial charge in [-0.3, -0.25) is 4.79 Å². The number of hydrogen-bond acceptors (Lipinski definition) is 1. The number of carbonyl (C=O) groups is 1. The summed E-state index contributed by atoms with van der Waals surface area (Å²) in [5, 5.41) is 4.39. The third-order valence-corrected chi connectivity index (χ3v) is 6.22. The van der Waals surface area contributed by atoms with Gasteiger partial charge in [-0.05, 0) is 65.1 Å². The van der Waals surface area contributed by atoms with Gasteiger partial charge in [0, 0.05) is 22.9 Å². The van der Waals surface area contributed by atoms with Gasteiger partial charge in [-0.1, -0.05) is 61.9 Å². The highest BCUT2D eigenvalue weighted by atomic mass is 16.1. The van der Waals surface area contributed by atoms with Crippen molar-refractivity contribution >= 4 is 38.5 Å². The number of aromatic nitrogens is 1. The number of nitrogens with zero attached hydrogens (tertiary/aromatic N) is 1. The van der Waals surface area contributed by atoms with E-state index in [9.17, 15) is 4.79 Å². The van der Waals surface area contributed by atoms with Crippen LogP contribution in [0.15, 0.2) is 66.7 Å².